The van der Waals surface area contributed by atoms with Gasteiger partial charge in [-0.25, -0.2) is 4.98 Å². The van der Waals surface area contributed by atoms with E-state index in [2.05, 4.69) is 28.2 Å². The van der Waals surface area contributed by atoms with Gasteiger partial charge in [-0.3, -0.25) is 4.79 Å². The zero-order chi connectivity index (χ0) is 21.9. The number of pyridine rings is 1. The van der Waals surface area contributed by atoms with Crippen LogP contribution in [0.25, 0.3) is 22.2 Å². The van der Waals surface area contributed by atoms with Crippen LogP contribution in [0.4, 0.5) is 0 Å². The van der Waals surface area contributed by atoms with E-state index in [4.69, 9.17) is 4.98 Å². The number of aromatic nitrogens is 1. The predicted octanol–water partition coefficient (Wildman–Crippen LogP) is 7.92. The van der Waals surface area contributed by atoms with Gasteiger partial charge in [0, 0.05) is 22.0 Å². The fraction of sp³-hybridized carbons (Fsp3) is 0.407. The Bertz CT molecular complexity index is 969. The largest absolute Gasteiger partial charge is 0.352 e. The molecule has 0 aliphatic carbocycles. The van der Waals surface area contributed by atoms with Gasteiger partial charge in [-0.2, -0.15) is 0 Å². The highest BCUT2D eigenvalue weighted by Crippen LogP contribution is 2.26. The third kappa shape index (κ3) is 7.17. The van der Waals surface area contributed by atoms with Gasteiger partial charge in [0.2, 0.25) is 0 Å². The SMILES string of the molecule is CCCCCCCCCCCNC(=O)c1cc(-c2ccc(Br)cc2)nc2ccccc12. The van der Waals surface area contributed by atoms with Crippen molar-refractivity contribution >= 4 is 32.7 Å². The number of hydrogen-bond acceptors (Lipinski definition) is 2. The number of carbonyl (C=O) groups is 1. The topological polar surface area (TPSA) is 42.0 Å². The van der Waals surface area contributed by atoms with Crippen molar-refractivity contribution in [2.45, 2.75) is 64.7 Å². The fourth-order valence-electron chi connectivity index (χ4n) is 3.86. The number of rotatable bonds is 12. The average molecular weight is 481 g/mol. The van der Waals surface area contributed by atoms with Crippen LogP contribution in [0, 0.1) is 0 Å². The monoisotopic (exact) mass is 480 g/mol. The van der Waals surface area contributed by atoms with E-state index in [-0.39, 0.29) is 5.91 Å². The summed E-state index contributed by atoms with van der Waals surface area (Å²) in [6.45, 7) is 2.98. The number of carbonyl (C=O) groups excluding carboxylic acids is 1. The molecule has 0 aliphatic rings. The average Bonchev–Trinajstić information content (AvgIpc) is 2.80. The third-order valence-corrected chi connectivity index (χ3v) is 6.20. The number of nitrogens with one attached hydrogen (secondary N) is 1. The summed E-state index contributed by atoms with van der Waals surface area (Å²) in [7, 11) is 0. The van der Waals surface area contributed by atoms with Gasteiger partial charge in [-0.05, 0) is 30.7 Å². The Morgan fingerprint density at radius 2 is 1.52 bits per heavy atom. The first-order chi connectivity index (χ1) is 15.2. The lowest BCUT2D eigenvalue weighted by molar-refractivity contribution is 0.0954. The molecule has 4 heteroatoms. The number of unbranched alkanes of at least 4 members (excludes halogenated alkanes) is 8. The lowest BCUT2D eigenvalue weighted by Gasteiger charge is -2.11. The van der Waals surface area contributed by atoms with Gasteiger partial charge in [0.1, 0.15) is 0 Å². The summed E-state index contributed by atoms with van der Waals surface area (Å²) in [6.07, 6.45) is 11.5. The highest BCUT2D eigenvalue weighted by atomic mass is 79.9. The predicted molar refractivity (Wildman–Crippen MR) is 134 cm³/mol. The van der Waals surface area contributed by atoms with Gasteiger partial charge < -0.3 is 5.32 Å². The first-order valence-corrected chi connectivity index (χ1v) is 12.4. The molecule has 0 spiro atoms. The van der Waals surface area contributed by atoms with Crippen molar-refractivity contribution in [2.24, 2.45) is 0 Å². The molecule has 1 amide bonds. The number of amides is 1. The second-order valence-electron chi connectivity index (χ2n) is 8.16. The van der Waals surface area contributed by atoms with Crippen molar-refractivity contribution in [3.8, 4) is 11.3 Å². The van der Waals surface area contributed by atoms with Crippen molar-refractivity contribution in [1.82, 2.24) is 10.3 Å². The van der Waals surface area contributed by atoms with E-state index in [0.29, 0.717) is 5.56 Å². The van der Waals surface area contributed by atoms with Crippen LogP contribution in [0.3, 0.4) is 0 Å². The first kappa shape index (κ1) is 23.5. The quantitative estimate of drug-likeness (QED) is 0.267. The smallest absolute Gasteiger partial charge is 0.252 e. The minimum Gasteiger partial charge on any atom is -0.352 e. The van der Waals surface area contributed by atoms with Gasteiger partial charge in [-0.1, -0.05) is 105 Å². The maximum Gasteiger partial charge on any atom is 0.252 e. The Hall–Kier alpha value is -2.20. The second kappa shape index (κ2) is 12.6. The molecular weight excluding hydrogens is 448 g/mol. The minimum absolute atomic E-state index is 0.0171. The van der Waals surface area contributed by atoms with Crippen molar-refractivity contribution in [3.63, 3.8) is 0 Å². The third-order valence-electron chi connectivity index (χ3n) is 5.67. The molecule has 0 saturated heterocycles. The van der Waals surface area contributed by atoms with Gasteiger partial charge in [0.25, 0.3) is 5.91 Å². The minimum atomic E-state index is -0.0171. The van der Waals surface area contributed by atoms with E-state index in [0.717, 1.165) is 39.6 Å². The summed E-state index contributed by atoms with van der Waals surface area (Å²) >= 11 is 3.48. The summed E-state index contributed by atoms with van der Waals surface area (Å²) in [6, 6.07) is 17.8. The van der Waals surface area contributed by atoms with Gasteiger partial charge in [0.15, 0.2) is 0 Å². The van der Waals surface area contributed by atoms with E-state index < -0.39 is 0 Å². The number of benzene rings is 2. The Balaban J connectivity index is 1.57. The summed E-state index contributed by atoms with van der Waals surface area (Å²) < 4.78 is 1.02. The molecule has 3 aromatic rings. The molecule has 0 atom stereocenters. The molecule has 0 saturated carbocycles. The van der Waals surface area contributed by atoms with Crippen LogP contribution < -0.4 is 5.32 Å². The van der Waals surface area contributed by atoms with Crippen LogP contribution in [0.2, 0.25) is 0 Å². The van der Waals surface area contributed by atoms with Crippen LogP contribution in [0.5, 0.6) is 0 Å². The molecule has 164 valence electrons. The molecular formula is C27H33BrN2O. The van der Waals surface area contributed by atoms with Crippen molar-refractivity contribution in [1.29, 1.82) is 0 Å². The molecule has 3 rings (SSSR count). The molecule has 1 aromatic heterocycles. The number of hydrogen-bond donors (Lipinski definition) is 1. The van der Waals surface area contributed by atoms with Crippen LogP contribution in [0.1, 0.15) is 75.1 Å². The summed E-state index contributed by atoms with van der Waals surface area (Å²) in [5.41, 5.74) is 3.36. The van der Waals surface area contributed by atoms with E-state index in [1.165, 1.54) is 51.4 Å². The fourth-order valence-corrected chi connectivity index (χ4v) is 4.13. The van der Waals surface area contributed by atoms with E-state index in [1.807, 2.05) is 54.6 Å². The van der Waals surface area contributed by atoms with Gasteiger partial charge >= 0.3 is 0 Å². The molecule has 1 heterocycles. The Morgan fingerprint density at radius 3 is 2.23 bits per heavy atom. The van der Waals surface area contributed by atoms with E-state index >= 15 is 0 Å². The molecule has 31 heavy (non-hydrogen) atoms. The van der Waals surface area contributed by atoms with Gasteiger partial charge in [0.05, 0.1) is 16.8 Å². The molecule has 0 aliphatic heterocycles. The number of nitrogens with zero attached hydrogens (tertiary/aromatic N) is 1. The summed E-state index contributed by atoms with van der Waals surface area (Å²) in [5.74, 6) is -0.0171. The lowest BCUT2D eigenvalue weighted by atomic mass is 10.0. The molecule has 0 fully saturated rings. The number of halogens is 1. The molecule has 0 bridgehead atoms. The Kier molecular flexibility index (Phi) is 9.54. The Morgan fingerprint density at radius 1 is 0.871 bits per heavy atom. The standard InChI is InChI=1S/C27H33BrN2O/c1-2-3-4-5-6-7-8-9-12-19-29-27(31)24-20-26(21-15-17-22(28)18-16-21)30-25-14-11-10-13-23(24)25/h10-11,13-18,20H,2-9,12,19H2,1H3,(H,29,31). The summed E-state index contributed by atoms with van der Waals surface area (Å²) in [4.78, 5) is 17.8. The maximum absolute atomic E-state index is 13.0. The highest BCUT2D eigenvalue weighted by molar-refractivity contribution is 9.10. The Labute approximate surface area is 194 Å². The van der Waals surface area contributed by atoms with Gasteiger partial charge in [-0.15, -0.1) is 0 Å². The second-order valence-corrected chi connectivity index (χ2v) is 9.08. The molecule has 0 radical (unpaired) electrons. The molecule has 3 nitrogen and oxygen atoms in total. The number of para-hydroxylation sites is 1. The van der Waals surface area contributed by atoms with Crippen molar-refractivity contribution in [3.05, 3.63) is 64.6 Å². The van der Waals surface area contributed by atoms with Crippen LogP contribution in [0.15, 0.2) is 59.1 Å². The van der Waals surface area contributed by atoms with Crippen molar-refractivity contribution in [2.75, 3.05) is 6.54 Å². The van der Waals surface area contributed by atoms with E-state index in [9.17, 15) is 4.79 Å². The maximum atomic E-state index is 13.0. The summed E-state index contributed by atoms with van der Waals surface area (Å²) in [5, 5.41) is 4.02. The van der Waals surface area contributed by atoms with Crippen LogP contribution >= 0.6 is 15.9 Å². The zero-order valence-corrected chi connectivity index (χ0v) is 20.1. The van der Waals surface area contributed by atoms with Crippen LogP contribution in [-0.2, 0) is 0 Å². The first-order valence-electron chi connectivity index (χ1n) is 11.6. The number of fused-ring (bicyclic) bond motifs is 1. The highest BCUT2D eigenvalue weighted by Gasteiger charge is 2.13. The molecule has 1 N–H and O–H groups in total. The molecule has 0 unspecified atom stereocenters. The van der Waals surface area contributed by atoms with E-state index in [1.54, 1.807) is 0 Å². The van der Waals surface area contributed by atoms with Crippen LogP contribution in [-0.4, -0.2) is 17.4 Å². The normalized spacial score (nSPS) is 11.0. The molecule has 2 aromatic carbocycles. The van der Waals surface area contributed by atoms with Crippen molar-refractivity contribution < 1.29 is 4.79 Å². The zero-order valence-electron chi connectivity index (χ0n) is 18.5. The lowest BCUT2D eigenvalue weighted by Crippen LogP contribution is -2.24.